The van der Waals surface area contributed by atoms with Gasteiger partial charge in [-0.15, -0.1) is 0 Å². The maximum Gasteiger partial charge on any atom is 0.290 e. The first-order chi connectivity index (χ1) is 13.6. The first kappa shape index (κ1) is 18.7. The summed E-state index contributed by atoms with van der Waals surface area (Å²) in [6, 6.07) is 10.4. The van der Waals surface area contributed by atoms with Crippen molar-refractivity contribution in [3.8, 4) is 0 Å². The number of piperidine rings is 1. The maximum absolute atomic E-state index is 13.4. The number of hydrogen-bond acceptors (Lipinski definition) is 3. The maximum atomic E-state index is 13.4. The van der Waals surface area contributed by atoms with E-state index in [4.69, 9.17) is 4.42 Å². The summed E-state index contributed by atoms with van der Waals surface area (Å²) in [6.07, 6.45) is 6.96. The molecule has 4 nitrogen and oxygen atoms in total. The number of carbonyl (C=O) groups excluding carboxylic acids is 1. The van der Waals surface area contributed by atoms with Crippen molar-refractivity contribution in [2.75, 3.05) is 6.54 Å². The highest BCUT2D eigenvalue weighted by molar-refractivity contribution is 6.00. The summed E-state index contributed by atoms with van der Waals surface area (Å²) >= 11 is 0. The van der Waals surface area contributed by atoms with E-state index < -0.39 is 0 Å². The highest BCUT2D eigenvalue weighted by Crippen LogP contribution is 2.32. The highest BCUT2D eigenvalue weighted by atomic mass is 16.3. The Morgan fingerprint density at radius 3 is 2.79 bits per heavy atom. The number of likely N-dealkylation sites (tertiary alicyclic amines) is 1. The first-order valence-electron chi connectivity index (χ1n) is 10.3. The van der Waals surface area contributed by atoms with Crippen LogP contribution < -0.4 is 0 Å². The van der Waals surface area contributed by atoms with E-state index in [2.05, 4.69) is 37.0 Å². The molecule has 3 aromatic rings. The molecule has 0 N–H and O–H groups in total. The van der Waals surface area contributed by atoms with E-state index in [-0.39, 0.29) is 11.9 Å². The Balaban J connectivity index is 1.59. The van der Waals surface area contributed by atoms with Crippen molar-refractivity contribution in [1.29, 1.82) is 0 Å². The second-order valence-electron chi connectivity index (χ2n) is 7.95. The lowest BCUT2D eigenvalue weighted by Crippen LogP contribution is -2.44. The number of benzene rings is 1. The summed E-state index contributed by atoms with van der Waals surface area (Å²) < 4.78 is 6.13. The molecular formula is C24H28N2O2. The standard InChI is InChI=1S/C24H28N2O2/c1-16-10-13-21-18(3)23(28-22(21)17(16)2)24(27)26-15-7-5-9-20(26)12-11-19-8-4-6-14-25-19/h4,6,8,10,13-14,20H,5,7,9,11-12,15H2,1-3H3. The summed E-state index contributed by atoms with van der Waals surface area (Å²) in [7, 11) is 0. The lowest BCUT2D eigenvalue weighted by atomic mass is 9.96. The molecule has 3 heterocycles. The van der Waals surface area contributed by atoms with Crippen molar-refractivity contribution in [1.82, 2.24) is 9.88 Å². The quantitative estimate of drug-likeness (QED) is 0.614. The molecule has 1 aromatic carbocycles. The monoisotopic (exact) mass is 376 g/mol. The van der Waals surface area contributed by atoms with Crippen LogP contribution in [0, 0.1) is 20.8 Å². The summed E-state index contributed by atoms with van der Waals surface area (Å²) in [4.78, 5) is 19.9. The number of carbonyl (C=O) groups is 1. The average Bonchev–Trinajstić information content (AvgIpc) is 3.07. The molecule has 1 saturated heterocycles. The summed E-state index contributed by atoms with van der Waals surface area (Å²) in [5, 5.41) is 1.05. The van der Waals surface area contributed by atoms with E-state index in [1.54, 1.807) is 0 Å². The Labute approximate surface area is 166 Å². The number of amides is 1. The third kappa shape index (κ3) is 3.44. The van der Waals surface area contributed by atoms with Crippen LogP contribution >= 0.6 is 0 Å². The fourth-order valence-electron chi connectivity index (χ4n) is 4.28. The lowest BCUT2D eigenvalue weighted by Gasteiger charge is -2.35. The Morgan fingerprint density at radius 2 is 2.00 bits per heavy atom. The van der Waals surface area contributed by atoms with Gasteiger partial charge < -0.3 is 9.32 Å². The summed E-state index contributed by atoms with van der Waals surface area (Å²) in [5.74, 6) is 0.546. The van der Waals surface area contributed by atoms with E-state index in [1.807, 2.05) is 30.2 Å². The van der Waals surface area contributed by atoms with Crippen LogP contribution in [0.5, 0.6) is 0 Å². The lowest BCUT2D eigenvalue weighted by molar-refractivity contribution is 0.0570. The van der Waals surface area contributed by atoms with Crippen LogP contribution in [0.15, 0.2) is 40.9 Å². The zero-order chi connectivity index (χ0) is 19.7. The van der Waals surface area contributed by atoms with Crippen LogP contribution in [0.3, 0.4) is 0 Å². The van der Waals surface area contributed by atoms with E-state index in [9.17, 15) is 4.79 Å². The molecule has 1 unspecified atom stereocenters. The Morgan fingerprint density at radius 1 is 1.14 bits per heavy atom. The van der Waals surface area contributed by atoms with Gasteiger partial charge in [-0.1, -0.05) is 18.2 Å². The van der Waals surface area contributed by atoms with E-state index in [1.165, 1.54) is 12.0 Å². The number of hydrogen-bond donors (Lipinski definition) is 0. The summed E-state index contributed by atoms with van der Waals surface area (Å²) in [5.41, 5.74) is 5.20. The molecule has 1 aliphatic heterocycles. The van der Waals surface area contributed by atoms with Crippen LogP contribution in [-0.4, -0.2) is 28.4 Å². The molecule has 0 aliphatic carbocycles. The third-order valence-corrected chi connectivity index (χ3v) is 6.17. The zero-order valence-corrected chi connectivity index (χ0v) is 17.0. The molecule has 1 aliphatic rings. The molecule has 1 amide bonds. The molecular weight excluding hydrogens is 348 g/mol. The van der Waals surface area contributed by atoms with Gasteiger partial charge in [-0.25, -0.2) is 0 Å². The van der Waals surface area contributed by atoms with Crippen LogP contribution in [0.1, 0.15) is 58.6 Å². The molecule has 4 rings (SSSR count). The second kappa shape index (κ2) is 7.78. The number of nitrogens with zero attached hydrogens (tertiary/aromatic N) is 2. The van der Waals surface area contributed by atoms with Crippen molar-refractivity contribution >= 4 is 16.9 Å². The van der Waals surface area contributed by atoms with Gasteiger partial charge in [0, 0.05) is 35.4 Å². The van der Waals surface area contributed by atoms with Crippen molar-refractivity contribution in [3.63, 3.8) is 0 Å². The molecule has 1 fully saturated rings. The predicted molar refractivity (Wildman–Crippen MR) is 112 cm³/mol. The van der Waals surface area contributed by atoms with Crippen LogP contribution in [0.25, 0.3) is 11.0 Å². The number of pyridine rings is 1. The zero-order valence-electron chi connectivity index (χ0n) is 17.0. The van der Waals surface area contributed by atoms with E-state index in [0.29, 0.717) is 5.76 Å². The number of rotatable bonds is 4. The minimum absolute atomic E-state index is 0.0384. The molecule has 146 valence electrons. The van der Waals surface area contributed by atoms with Gasteiger partial charge in [-0.2, -0.15) is 0 Å². The summed E-state index contributed by atoms with van der Waals surface area (Å²) in [6.45, 7) is 6.94. The van der Waals surface area contributed by atoms with Crippen molar-refractivity contribution in [2.24, 2.45) is 0 Å². The second-order valence-corrected chi connectivity index (χ2v) is 7.95. The molecule has 0 bridgehead atoms. The minimum Gasteiger partial charge on any atom is -0.450 e. The SMILES string of the molecule is Cc1ccc2c(C)c(C(=O)N3CCCCC3CCc3ccccn3)oc2c1C. The Kier molecular flexibility index (Phi) is 5.21. The highest BCUT2D eigenvalue weighted by Gasteiger charge is 2.31. The number of aryl methyl sites for hydroxylation is 4. The van der Waals surface area contributed by atoms with Crippen LogP contribution in [-0.2, 0) is 6.42 Å². The molecule has 2 aromatic heterocycles. The topological polar surface area (TPSA) is 46.3 Å². The molecule has 4 heteroatoms. The van der Waals surface area contributed by atoms with Gasteiger partial charge in [-0.3, -0.25) is 9.78 Å². The van der Waals surface area contributed by atoms with Crippen LogP contribution in [0.4, 0.5) is 0 Å². The fourth-order valence-corrected chi connectivity index (χ4v) is 4.28. The largest absolute Gasteiger partial charge is 0.450 e. The number of furan rings is 1. The molecule has 0 spiro atoms. The minimum atomic E-state index is 0.0384. The van der Waals surface area contributed by atoms with Gasteiger partial charge in [0.25, 0.3) is 5.91 Å². The van der Waals surface area contributed by atoms with Gasteiger partial charge in [0.2, 0.25) is 0 Å². The first-order valence-corrected chi connectivity index (χ1v) is 10.3. The number of fused-ring (bicyclic) bond motifs is 1. The Hall–Kier alpha value is -2.62. The van der Waals surface area contributed by atoms with Crippen molar-refractivity contribution < 1.29 is 9.21 Å². The average molecular weight is 377 g/mol. The third-order valence-electron chi connectivity index (χ3n) is 6.17. The number of aromatic nitrogens is 1. The molecule has 0 saturated carbocycles. The molecule has 28 heavy (non-hydrogen) atoms. The fraction of sp³-hybridized carbons (Fsp3) is 0.417. The van der Waals surface area contributed by atoms with Crippen LogP contribution in [0.2, 0.25) is 0 Å². The van der Waals surface area contributed by atoms with Gasteiger partial charge in [0.05, 0.1) is 0 Å². The smallest absolute Gasteiger partial charge is 0.290 e. The predicted octanol–water partition coefficient (Wildman–Crippen LogP) is 5.38. The van der Waals surface area contributed by atoms with Crippen molar-refractivity contribution in [2.45, 2.75) is 58.9 Å². The van der Waals surface area contributed by atoms with Gasteiger partial charge in [-0.05, 0) is 76.1 Å². The van der Waals surface area contributed by atoms with Gasteiger partial charge in [0.15, 0.2) is 5.76 Å². The molecule has 1 atom stereocenters. The van der Waals surface area contributed by atoms with E-state index in [0.717, 1.165) is 60.0 Å². The van der Waals surface area contributed by atoms with Gasteiger partial charge >= 0.3 is 0 Å². The van der Waals surface area contributed by atoms with Gasteiger partial charge in [0.1, 0.15) is 5.58 Å². The van der Waals surface area contributed by atoms with Crippen molar-refractivity contribution in [3.05, 3.63) is 64.7 Å². The van der Waals surface area contributed by atoms with E-state index >= 15 is 0 Å². The Bertz CT molecular complexity index is 991. The normalized spacial score (nSPS) is 17.2. The molecule has 0 radical (unpaired) electrons.